The molecule has 0 radical (unpaired) electrons. The molecule has 1 heterocycles. The standard InChI is InChI=1S/C23H36N6O7S/c1-12(2)20(33)13(3)27-21(34)14(4)28-22(35)16(8-15-10-24-11-26-15)29-18(30)6-7-25-23(36)17(37-5)9-19(31)32/h10-14,16-17H,6-9H2,1-5H3,(H,24,26)(H,25,36)(H,27,34)(H,28,35)(H,29,30)(H,31,32)/t13-,14-,16-,17?/m0/s1. The number of amides is 4. The Bertz CT molecular complexity index is 953. The van der Waals surface area contributed by atoms with Gasteiger partial charge >= 0.3 is 5.97 Å². The second-order valence-corrected chi connectivity index (χ2v) is 9.81. The van der Waals surface area contributed by atoms with Crippen molar-refractivity contribution in [3.8, 4) is 0 Å². The Hall–Kier alpha value is -3.42. The van der Waals surface area contributed by atoms with Gasteiger partial charge in [-0.25, -0.2) is 4.98 Å². The second-order valence-electron chi connectivity index (χ2n) is 8.77. The molecule has 1 aromatic heterocycles. The number of Topliss-reactive ketones (excluding diaryl/α,β-unsaturated/α-hetero) is 1. The molecule has 4 atom stereocenters. The molecule has 6 N–H and O–H groups in total. The zero-order chi connectivity index (χ0) is 28.1. The normalized spacial score (nSPS) is 14.1. The van der Waals surface area contributed by atoms with Crippen molar-refractivity contribution in [2.24, 2.45) is 5.92 Å². The molecule has 0 aliphatic rings. The molecule has 0 aliphatic heterocycles. The third-order valence-corrected chi connectivity index (χ3v) is 6.26. The summed E-state index contributed by atoms with van der Waals surface area (Å²) >= 11 is 1.09. The van der Waals surface area contributed by atoms with E-state index in [9.17, 15) is 28.8 Å². The van der Waals surface area contributed by atoms with Crippen molar-refractivity contribution in [3.05, 3.63) is 18.2 Å². The van der Waals surface area contributed by atoms with Crippen LogP contribution in [0.5, 0.6) is 0 Å². The van der Waals surface area contributed by atoms with Gasteiger partial charge in [0.1, 0.15) is 12.1 Å². The summed E-state index contributed by atoms with van der Waals surface area (Å²) < 4.78 is 0. The number of nitrogens with zero attached hydrogens (tertiary/aromatic N) is 1. The number of carboxylic acid groups (broad SMARTS) is 1. The molecule has 13 nitrogen and oxygen atoms in total. The third kappa shape index (κ3) is 11.5. The van der Waals surface area contributed by atoms with E-state index in [0.717, 1.165) is 11.8 Å². The minimum atomic E-state index is -1.11. The lowest BCUT2D eigenvalue weighted by Gasteiger charge is -2.22. The fourth-order valence-electron chi connectivity index (χ4n) is 3.23. The Morgan fingerprint density at radius 3 is 2.16 bits per heavy atom. The van der Waals surface area contributed by atoms with E-state index in [0.29, 0.717) is 5.69 Å². The smallest absolute Gasteiger partial charge is 0.305 e. The van der Waals surface area contributed by atoms with Gasteiger partial charge in [-0.05, 0) is 20.1 Å². The van der Waals surface area contributed by atoms with Crippen LogP contribution in [-0.4, -0.2) is 86.6 Å². The highest BCUT2D eigenvalue weighted by Crippen LogP contribution is 2.11. The van der Waals surface area contributed by atoms with Crippen LogP contribution in [0.2, 0.25) is 0 Å². The molecule has 1 unspecified atom stereocenters. The summed E-state index contributed by atoms with van der Waals surface area (Å²) in [6, 6.07) is -2.77. The number of nitrogens with one attached hydrogen (secondary N) is 5. The van der Waals surface area contributed by atoms with E-state index < -0.39 is 53.0 Å². The summed E-state index contributed by atoms with van der Waals surface area (Å²) in [7, 11) is 0. The van der Waals surface area contributed by atoms with E-state index in [2.05, 4.69) is 31.2 Å². The molecule has 4 amide bonds. The molecule has 0 fully saturated rings. The number of imidazole rings is 1. The highest BCUT2D eigenvalue weighted by Gasteiger charge is 2.27. The lowest BCUT2D eigenvalue weighted by molar-refractivity contribution is -0.138. The summed E-state index contributed by atoms with van der Waals surface area (Å²) in [5, 5.41) is 18.3. The summed E-state index contributed by atoms with van der Waals surface area (Å²) in [6.45, 7) is 6.42. The molecule has 0 aliphatic carbocycles. The highest BCUT2D eigenvalue weighted by atomic mass is 32.2. The molecule has 1 aromatic rings. The summed E-state index contributed by atoms with van der Waals surface area (Å²) in [5.74, 6) is -3.73. The number of aromatic nitrogens is 2. The number of thioether (sulfide) groups is 1. The van der Waals surface area contributed by atoms with E-state index in [1.165, 1.54) is 13.3 Å². The van der Waals surface area contributed by atoms with Crippen LogP contribution in [-0.2, 0) is 35.2 Å². The first-order valence-corrected chi connectivity index (χ1v) is 13.1. The number of carbonyl (C=O) groups excluding carboxylic acids is 5. The van der Waals surface area contributed by atoms with E-state index in [-0.39, 0.29) is 37.5 Å². The largest absolute Gasteiger partial charge is 0.481 e. The van der Waals surface area contributed by atoms with Crippen molar-refractivity contribution in [3.63, 3.8) is 0 Å². The number of rotatable bonds is 16. The molecule has 37 heavy (non-hydrogen) atoms. The molecule has 0 spiro atoms. The van der Waals surface area contributed by atoms with Crippen LogP contribution >= 0.6 is 11.8 Å². The van der Waals surface area contributed by atoms with Crippen molar-refractivity contribution >= 4 is 47.1 Å². The predicted octanol–water partition coefficient (Wildman–Crippen LogP) is -0.616. The van der Waals surface area contributed by atoms with Gasteiger partial charge in [-0.3, -0.25) is 28.8 Å². The molecule has 0 saturated carbocycles. The number of carboxylic acids is 1. The Morgan fingerprint density at radius 2 is 1.62 bits per heavy atom. The molecule has 0 saturated heterocycles. The average Bonchev–Trinajstić information content (AvgIpc) is 3.34. The van der Waals surface area contributed by atoms with Crippen LogP contribution < -0.4 is 21.3 Å². The minimum absolute atomic E-state index is 0.0389. The Kier molecular flexibility index (Phi) is 13.4. The quantitative estimate of drug-likeness (QED) is 0.158. The van der Waals surface area contributed by atoms with Gasteiger partial charge in [0.25, 0.3) is 0 Å². The van der Waals surface area contributed by atoms with E-state index in [1.807, 2.05) is 0 Å². The van der Waals surface area contributed by atoms with E-state index in [1.54, 1.807) is 33.2 Å². The Balaban J connectivity index is 2.72. The maximum atomic E-state index is 12.9. The monoisotopic (exact) mass is 540 g/mol. The molecular weight excluding hydrogens is 504 g/mol. The summed E-state index contributed by atoms with van der Waals surface area (Å²) in [5.41, 5.74) is 0.499. The molecule has 1 rings (SSSR count). The van der Waals surface area contributed by atoms with Gasteiger partial charge in [0, 0.05) is 31.5 Å². The lowest BCUT2D eigenvalue weighted by atomic mass is 10.0. The van der Waals surface area contributed by atoms with Crippen LogP contribution in [0.1, 0.15) is 46.2 Å². The van der Waals surface area contributed by atoms with Gasteiger partial charge in [0.05, 0.1) is 29.7 Å². The van der Waals surface area contributed by atoms with E-state index in [4.69, 9.17) is 5.11 Å². The maximum absolute atomic E-state index is 12.9. The lowest BCUT2D eigenvalue weighted by Crippen LogP contribution is -2.55. The second kappa shape index (κ2) is 15.6. The van der Waals surface area contributed by atoms with Crippen LogP contribution in [0.15, 0.2) is 12.5 Å². The number of carbonyl (C=O) groups is 6. The number of hydrogen-bond acceptors (Lipinski definition) is 8. The molecule has 0 bridgehead atoms. The maximum Gasteiger partial charge on any atom is 0.305 e. The van der Waals surface area contributed by atoms with Crippen LogP contribution in [0, 0.1) is 5.92 Å². The van der Waals surface area contributed by atoms with Crippen molar-refractivity contribution in [2.45, 2.75) is 70.3 Å². The average molecular weight is 541 g/mol. The minimum Gasteiger partial charge on any atom is -0.481 e. The van der Waals surface area contributed by atoms with Crippen molar-refractivity contribution in [1.82, 2.24) is 31.2 Å². The van der Waals surface area contributed by atoms with Crippen molar-refractivity contribution < 1.29 is 33.9 Å². The van der Waals surface area contributed by atoms with Crippen molar-refractivity contribution in [1.29, 1.82) is 0 Å². The van der Waals surface area contributed by atoms with E-state index >= 15 is 0 Å². The fourth-order valence-corrected chi connectivity index (χ4v) is 3.84. The molecule has 0 aromatic carbocycles. The number of ketones is 1. The Morgan fingerprint density at radius 1 is 0.973 bits per heavy atom. The highest BCUT2D eigenvalue weighted by molar-refractivity contribution is 7.99. The van der Waals surface area contributed by atoms with Crippen LogP contribution in [0.25, 0.3) is 0 Å². The summed E-state index contributed by atoms with van der Waals surface area (Å²) in [6.07, 6.45) is 4.13. The van der Waals surface area contributed by atoms with Gasteiger partial charge in [-0.1, -0.05) is 13.8 Å². The Labute approximate surface area is 219 Å². The first-order chi connectivity index (χ1) is 17.3. The third-order valence-electron chi connectivity index (χ3n) is 5.31. The summed E-state index contributed by atoms with van der Waals surface area (Å²) in [4.78, 5) is 79.7. The zero-order valence-corrected chi connectivity index (χ0v) is 22.4. The van der Waals surface area contributed by atoms with Crippen LogP contribution in [0.3, 0.4) is 0 Å². The van der Waals surface area contributed by atoms with Gasteiger partial charge in [-0.15, -0.1) is 0 Å². The first kappa shape index (κ1) is 31.6. The number of H-pyrrole nitrogens is 1. The van der Waals surface area contributed by atoms with Crippen molar-refractivity contribution in [2.75, 3.05) is 12.8 Å². The van der Waals surface area contributed by atoms with Crippen LogP contribution in [0.4, 0.5) is 0 Å². The first-order valence-electron chi connectivity index (χ1n) is 11.8. The predicted molar refractivity (Wildman–Crippen MR) is 136 cm³/mol. The van der Waals surface area contributed by atoms with Gasteiger partial charge in [0.15, 0.2) is 5.78 Å². The number of aromatic amines is 1. The molecule has 206 valence electrons. The fraction of sp³-hybridized carbons (Fsp3) is 0.609. The van der Waals surface area contributed by atoms with Gasteiger partial charge < -0.3 is 31.4 Å². The number of hydrogen-bond donors (Lipinski definition) is 6. The molecule has 14 heteroatoms. The molecular formula is C23H36N6O7S. The van der Waals surface area contributed by atoms with Gasteiger partial charge in [0.2, 0.25) is 23.6 Å². The SMILES string of the molecule is CSC(CC(=O)O)C(=O)NCCC(=O)N[C@@H](Cc1c[nH]cn1)C(=O)N[C@@H](C)C(=O)N[C@@H](C)C(=O)C(C)C. The van der Waals surface area contributed by atoms with Gasteiger partial charge in [-0.2, -0.15) is 11.8 Å². The number of aliphatic carboxylic acids is 1. The zero-order valence-electron chi connectivity index (χ0n) is 21.6. The topological polar surface area (TPSA) is 199 Å².